The molecule has 0 saturated carbocycles. The van der Waals surface area contributed by atoms with E-state index in [-0.39, 0.29) is 12.4 Å². The van der Waals surface area contributed by atoms with Gasteiger partial charge in [0.2, 0.25) is 0 Å². The molecule has 0 aromatic carbocycles. The highest BCUT2D eigenvalue weighted by Crippen LogP contribution is 2.21. The third-order valence-electron chi connectivity index (χ3n) is 4.01. The molecule has 19 heavy (non-hydrogen) atoms. The van der Waals surface area contributed by atoms with Crippen molar-refractivity contribution in [2.24, 2.45) is 7.05 Å². The van der Waals surface area contributed by atoms with E-state index < -0.39 is 0 Å². The van der Waals surface area contributed by atoms with Gasteiger partial charge in [0.15, 0.2) is 0 Å². The standard InChI is InChI=1S/C13H22N4O.ClH/c1-3-11-10(8-16(2)15-11)9-17-4-5-18-13-7-14-6-12(13)17;/h8,12-14H,3-7,9H2,1-2H3;1H/t12-,13+;/m1./s1. The average Bonchev–Trinajstić information content (AvgIpc) is 2.96. The van der Waals surface area contributed by atoms with Crippen LogP contribution in [0.1, 0.15) is 18.2 Å². The van der Waals surface area contributed by atoms with Crippen molar-refractivity contribution < 1.29 is 4.74 Å². The first-order valence-electron chi connectivity index (χ1n) is 6.85. The van der Waals surface area contributed by atoms with Crippen LogP contribution in [0.2, 0.25) is 0 Å². The summed E-state index contributed by atoms with van der Waals surface area (Å²) in [5.74, 6) is 0. The third-order valence-corrected chi connectivity index (χ3v) is 4.01. The minimum atomic E-state index is 0. The fourth-order valence-corrected chi connectivity index (χ4v) is 3.09. The van der Waals surface area contributed by atoms with Gasteiger partial charge in [0.1, 0.15) is 0 Å². The lowest BCUT2D eigenvalue weighted by Gasteiger charge is -2.36. The summed E-state index contributed by atoms with van der Waals surface area (Å²) in [6, 6.07) is 0.531. The maximum absolute atomic E-state index is 5.81. The Morgan fingerprint density at radius 3 is 3.11 bits per heavy atom. The summed E-state index contributed by atoms with van der Waals surface area (Å²) in [6.07, 6.45) is 3.54. The van der Waals surface area contributed by atoms with Gasteiger partial charge in [-0.1, -0.05) is 6.92 Å². The normalized spacial score (nSPS) is 27.1. The first-order chi connectivity index (χ1) is 8.78. The Balaban J connectivity index is 0.00000133. The highest BCUT2D eigenvalue weighted by atomic mass is 35.5. The Morgan fingerprint density at radius 1 is 1.47 bits per heavy atom. The van der Waals surface area contributed by atoms with E-state index in [9.17, 15) is 0 Å². The third kappa shape index (κ3) is 2.94. The SMILES string of the molecule is CCc1nn(C)cc1CN1CCO[C@H]2CNC[C@H]21.Cl. The van der Waals surface area contributed by atoms with E-state index in [1.54, 1.807) is 0 Å². The average molecular weight is 287 g/mol. The van der Waals surface area contributed by atoms with Gasteiger partial charge in [-0.25, -0.2) is 0 Å². The predicted octanol–water partition coefficient (Wildman–Crippen LogP) is 0.577. The quantitative estimate of drug-likeness (QED) is 0.883. The second-order valence-corrected chi connectivity index (χ2v) is 5.23. The van der Waals surface area contributed by atoms with Crippen LogP contribution in [0.15, 0.2) is 6.20 Å². The number of hydrogen-bond acceptors (Lipinski definition) is 4. The molecule has 2 fully saturated rings. The van der Waals surface area contributed by atoms with Crippen LogP contribution in [-0.2, 0) is 24.8 Å². The van der Waals surface area contributed by atoms with Crippen molar-refractivity contribution in [2.45, 2.75) is 32.0 Å². The van der Waals surface area contributed by atoms with Crippen molar-refractivity contribution in [1.29, 1.82) is 0 Å². The number of rotatable bonds is 3. The van der Waals surface area contributed by atoms with Crippen molar-refractivity contribution in [3.63, 3.8) is 0 Å². The Morgan fingerprint density at radius 2 is 2.32 bits per heavy atom. The molecular formula is C13H23ClN4O. The summed E-state index contributed by atoms with van der Waals surface area (Å²) in [4.78, 5) is 2.55. The summed E-state index contributed by atoms with van der Waals surface area (Å²) < 4.78 is 7.74. The van der Waals surface area contributed by atoms with Crippen LogP contribution in [0.25, 0.3) is 0 Å². The van der Waals surface area contributed by atoms with Crippen molar-refractivity contribution in [2.75, 3.05) is 26.2 Å². The molecule has 3 heterocycles. The van der Waals surface area contributed by atoms with E-state index in [0.717, 1.165) is 39.2 Å². The fourth-order valence-electron chi connectivity index (χ4n) is 3.09. The Labute approximate surface area is 120 Å². The van der Waals surface area contributed by atoms with Crippen LogP contribution in [0.4, 0.5) is 0 Å². The first-order valence-corrected chi connectivity index (χ1v) is 6.85. The van der Waals surface area contributed by atoms with Crippen molar-refractivity contribution in [1.82, 2.24) is 20.0 Å². The molecule has 1 aromatic heterocycles. The number of morpholine rings is 1. The molecule has 1 aromatic rings. The number of nitrogens with one attached hydrogen (secondary N) is 1. The number of hydrogen-bond donors (Lipinski definition) is 1. The lowest BCUT2D eigenvalue weighted by Crippen LogP contribution is -2.50. The summed E-state index contributed by atoms with van der Waals surface area (Å²) in [5, 5.41) is 7.95. The van der Waals surface area contributed by atoms with E-state index in [1.807, 2.05) is 11.7 Å². The smallest absolute Gasteiger partial charge is 0.0867 e. The van der Waals surface area contributed by atoms with E-state index in [0.29, 0.717) is 12.1 Å². The molecule has 0 radical (unpaired) electrons. The number of ether oxygens (including phenoxy) is 1. The molecule has 1 N–H and O–H groups in total. The second-order valence-electron chi connectivity index (χ2n) is 5.23. The van der Waals surface area contributed by atoms with E-state index >= 15 is 0 Å². The molecule has 0 spiro atoms. The summed E-state index contributed by atoms with van der Waals surface area (Å²) in [6.45, 7) is 7.10. The minimum absolute atomic E-state index is 0. The second kappa shape index (κ2) is 6.22. The fraction of sp³-hybridized carbons (Fsp3) is 0.769. The van der Waals surface area contributed by atoms with Crippen LogP contribution in [0.3, 0.4) is 0 Å². The molecule has 108 valence electrons. The molecule has 2 aliphatic rings. The predicted molar refractivity (Wildman–Crippen MR) is 76.6 cm³/mol. The van der Waals surface area contributed by atoms with Crippen LogP contribution < -0.4 is 5.32 Å². The van der Waals surface area contributed by atoms with Crippen molar-refractivity contribution in [3.05, 3.63) is 17.5 Å². The number of halogens is 1. The van der Waals surface area contributed by atoms with Crippen molar-refractivity contribution >= 4 is 12.4 Å². The molecular weight excluding hydrogens is 264 g/mol. The van der Waals surface area contributed by atoms with Gasteiger partial charge in [0.05, 0.1) is 18.4 Å². The Bertz CT molecular complexity index is 423. The van der Waals surface area contributed by atoms with Gasteiger partial charge in [-0.3, -0.25) is 9.58 Å². The Kier molecular flexibility index (Phi) is 4.84. The summed E-state index contributed by atoms with van der Waals surface area (Å²) in [5.41, 5.74) is 2.60. The molecule has 2 aliphatic heterocycles. The number of fused-ring (bicyclic) bond motifs is 1. The van der Waals surface area contributed by atoms with Gasteiger partial charge in [0, 0.05) is 51.0 Å². The van der Waals surface area contributed by atoms with Gasteiger partial charge in [-0.15, -0.1) is 12.4 Å². The highest BCUT2D eigenvalue weighted by molar-refractivity contribution is 5.85. The summed E-state index contributed by atoms with van der Waals surface area (Å²) in [7, 11) is 2.00. The summed E-state index contributed by atoms with van der Waals surface area (Å²) >= 11 is 0. The zero-order valence-corrected chi connectivity index (χ0v) is 12.4. The first kappa shape index (κ1) is 14.8. The number of nitrogens with zero attached hydrogens (tertiary/aromatic N) is 3. The van der Waals surface area contributed by atoms with Crippen LogP contribution in [-0.4, -0.2) is 53.1 Å². The number of aryl methyl sites for hydroxylation is 2. The van der Waals surface area contributed by atoms with Gasteiger partial charge < -0.3 is 10.1 Å². The van der Waals surface area contributed by atoms with E-state index in [1.165, 1.54) is 11.3 Å². The van der Waals surface area contributed by atoms with E-state index in [2.05, 4.69) is 28.4 Å². The van der Waals surface area contributed by atoms with Crippen LogP contribution >= 0.6 is 12.4 Å². The molecule has 3 rings (SSSR count). The molecule has 6 heteroatoms. The lowest BCUT2D eigenvalue weighted by molar-refractivity contribution is -0.0501. The molecule has 5 nitrogen and oxygen atoms in total. The van der Waals surface area contributed by atoms with Crippen LogP contribution in [0, 0.1) is 0 Å². The zero-order valence-electron chi connectivity index (χ0n) is 11.6. The zero-order chi connectivity index (χ0) is 12.5. The monoisotopic (exact) mass is 286 g/mol. The van der Waals surface area contributed by atoms with Gasteiger partial charge in [-0.05, 0) is 6.42 Å². The van der Waals surface area contributed by atoms with Gasteiger partial charge >= 0.3 is 0 Å². The van der Waals surface area contributed by atoms with Gasteiger partial charge in [-0.2, -0.15) is 5.10 Å². The molecule has 2 atom stereocenters. The van der Waals surface area contributed by atoms with E-state index in [4.69, 9.17) is 4.74 Å². The number of aromatic nitrogens is 2. The van der Waals surface area contributed by atoms with Gasteiger partial charge in [0.25, 0.3) is 0 Å². The molecule has 0 bridgehead atoms. The Hall–Kier alpha value is -0.620. The maximum atomic E-state index is 5.81. The van der Waals surface area contributed by atoms with Crippen molar-refractivity contribution in [3.8, 4) is 0 Å². The molecule has 0 amide bonds. The molecule has 2 saturated heterocycles. The van der Waals surface area contributed by atoms with Crippen LogP contribution in [0.5, 0.6) is 0 Å². The molecule has 0 unspecified atom stereocenters. The molecule has 0 aliphatic carbocycles. The maximum Gasteiger partial charge on any atom is 0.0867 e. The lowest BCUT2D eigenvalue weighted by atomic mass is 10.1. The largest absolute Gasteiger partial charge is 0.374 e. The highest BCUT2D eigenvalue weighted by Gasteiger charge is 2.36. The topological polar surface area (TPSA) is 42.3 Å². The minimum Gasteiger partial charge on any atom is -0.374 e.